The predicted octanol–water partition coefficient (Wildman–Crippen LogP) is 0.399. The third kappa shape index (κ3) is 4.33. The lowest BCUT2D eigenvalue weighted by Gasteiger charge is -2.28. The van der Waals surface area contributed by atoms with Crippen LogP contribution in [0, 0.1) is 11.8 Å². The summed E-state index contributed by atoms with van der Waals surface area (Å²) in [6.07, 6.45) is 3.58. The fourth-order valence-corrected chi connectivity index (χ4v) is 3.20. The van der Waals surface area contributed by atoms with Gasteiger partial charge in [-0.2, -0.15) is 0 Å². The number of nitrogens with one attached hydrogen (secondary N) is 1. The summed E-state index contributed by atoms with van der Waals surface area (Å²) in [5.74, 6) is 2.43. The van der Waals surface area contributed by atoms with E-state index in [2.05, 4.69) is 15.2 Å². The Hall–Kier alpha value is -1.30. The molecular weight excluding hydrogens is 268 g/mol. The smallest absolute Gasteiger partial charge is 0.241 e. The van der Waals surface area contributed by atoms with E-state index < -0.39 is 0 Å². The Morgan fingerprint density at radius 2 is 2.00 bits per heavy atom. The fourth-order valence-electron chi connectivity index (χ4n) is 3.20. The van der Waals surface area contributed by atoms with Crippen molar-refractivity contribution >= 4 is 11.9 Å². The van der Waals surface area contributed by atoms with E-state index in [1.807, 2.05) is 0 Å². The van der Waals surface area contributed by atoms with Gasteiger partial charge in [-0.25, -0.2) is 0 Å². The van der Waals surface area contributed by atoms with Crippen LogP contribution < -0.4 is 5.32 Å². The van der Waals surface area contributed by atoms with Gasteiger partial charge in [-0.15, -0.1) is 0 Å². The van der Waals surface area contributed by atoms with Gasteiger partial charge in [0.05, 0.1) is 6.54 Å². The Labute approximate surface area is 127 Å². The first-order chi connectivity index (χ1) is 10.1. The molecule has 0 aromatic heterocycles. The topological polar surface area (TPSA) is 57.2 Å². The van der Waals surface area contributed by atoms with Crippen molar-refractivity contribution in [3.8, 4) is 0 Å². The molecule has 0 spiro atoms. The molecule has 21 heavy (non-hydrogen) atoms. The molecule has 2 aliphatic rings. The molecule has 2 heterocycles. The average molecular weight is 296 g/mol. The van der Waals surface area contributed by atoms with Gasteiger partial charge < -0.3 is 19.9 Å². The highest BCUT2D eigenvalue weighted by Gasteiger charge is 2.31. The van der Waals surface area contributed by atoms with Crippen molar-refractivity contribution < 1.29 is 9.53 Å². The minimum atomic E-state index is 0.0660. The molecular formula is C15H28N4O2. The number of nitrogens with zero attached hydrogens (tertiary/aromatic N) is 3. The highest BCUT2D eigenvalue weighted by molar-refractivity contribution is 5.86. The second-order valence-corrected chi connectivity index (χ2v) is 6.13. The van der Waals surface area contributed by atoms with Crippen molar-refractivity contribution in [3.05, 3.63) is 0 Å². The summed E-state index contributed by atoms with van der Waals surface area (Å²) in [7, 11) is 5.32. The first-order valence-corrected chi connectivity index (χ1v) is 7.85. The number of amides is 1. The molecule has 0 bridgehead atoms. The van der Waals surface area contributed by atoms with E-state index in [0.29, 0.717) is 6.54 Å². The number of rotatable bonds is 3. The second-order valence-electron chi connectivity index (χ2n) is 6.13. The van der Waals surface area contributed by atoms with Crippen LogP contribution in [0.1, 0.15) is 19.3 Å². The van der Waals surface area contributed by atoms with Crippen molar-refractivity contribution in [2.24, 2.45) is 16.8 Å². The van der Waals surface area contributed by atoms with Crippen LogP contribution in [0.2, 0.25) is 0 Å². The quantitative estimate of drug-likeness (QED) is 0.605. The molecule has 2 fully saturated rings. The molecule has 0 radical (unpaired) electrons. The SMILES string of the molecule is CN=C(NCC(=O)N(C)C)N1CCC(C2CCOCC2)C1. The highest BCUT2D eigenvalue weighted by Crippen LogP contribution is 2.31. The van der Waals surface area contributed by atoms with E-state index in [1.165, 1.54) is 19.3 Å². The molecule has 2 saturated heterocycles. The lowest BCUT2D eigenvalue weighted by Crippen LogP contribution is -2.44. The van der Waals surface area contributed by atoms with Gasteiger partial charge >= 0.3 is 0 Å². The van der Waals surface area contributed by atoms with Gasteiger partial charge in [-0.05, 0) is 31.1 Å². The molecule has 2 rings (SSSR count). The van der Waals surface area contributed by atoms with Crippen LogP contribution >= 0.6 is 0 Å². The number of aliphatic imine (C=N–C) groups is 1. The third-order valence-corrected chi connectivity index (χ3v) is 4.57. The summed E-state index contributed by atoms with van der Waals surface area (Å²) in [4.78, 5) is 19.9. The molecule has 0 aromatic carbocycles. The van der Waals surface area contributed by atoms with Crippen LogP contribution in [-0.2, 0) is 9.53 Å². The zero-order valence-corrected chi connectivity index (χ0v) is 13.5. The molecule has 6 heteroatoms. The van der Waals surface area contributed by atoms with E-state index in [9.17, 15) is 4.79 Å². The van der Waals surface area contributed by atoms with Crippen LogP contribution in [0.5, 0.6) is 0 Å². The number of guanidine groups is 1. The van der Waals surface area contributed by atoms with Crippen LogP contribution in [0.25, 0.3) is 0 Å². The van der Waals surface area contributed by atoms with Crippen molar-refractivity contribution in [1.29, 1.82) is 0 Å². The largest absolute Gasteiger partial charge is 0.381 e. The summed E-state index contributed by atoms with van der Waals surface area (Å²) in [5.41, 5.74) is 0. The molecule has 0 aliphatic carbocycles. The molecule has 120 valence electrons. The monoisotopic (exact) mass is 296 g/mol. The Bertz CT molecular complexity index is 378. The lowest BCUT2D eigenvalue weighted by molar-refractivity contribution is -0.127. The number of hydrogen-bond acceptors (Lipinski definition) is 3. The number of hydrogen-bond donors (Lipinski definition) is 1. The van der Waals surface area contributed by atoms with Crippen molar-refractivity contribution in [2.45, 2.75) is 19.3 Å². The van der Waals surface area contributed by atoms with Crippen molar-refractivity contribution in [3.63, 3.8) is 0 Å². The Balaban J connectivity index is 1.82. The maximum Gasteiger partial charge on any atom is 0.241 e. The summed E-state index contributed by atoms with van der Waals surface area (Å²) in [5, 5.41) is 3.18. The molecule has 0 saturated carbocycles. The van der Waals surface area contributed by atoms with Crippen molar-refractivity contribution in [1.82, 2.24) is 15.1 Å². The molecule has 2 aliphatic heterocycles. The van der Waals surface area contributed by atoms with Crippen LogP contribution in [0.3, 0.4) is 0 Å². The number of likely N-dealkylation sites (tertiary alicyclic amines) is 1. The third-order valence-electron chi connectivity index (χ3n) is 4.57. The van der Waals surface area contributed by atoms with Gasteiger partial charge in [-0.3, -0.25) is 9.79 Å². The fraction of sp³-hybridized carbons (Fsp3) is 0.867. The molecule has 1 atom stereocenters. The normalized spacial score (nSPS) is 24.2. The van der Waals surface area contributed by atoms with Gasteiger partial charge in [0.1, 0.15) is 0 Å². The van der Waals surface area contributed by atoms with E-state index in [4.69, 9.17) is 4.74 Å². The van der Waals surface area contributed by atoms with E-state index in [0.717, 1.165) is 44.1 Å². The number of carbonyl (C=O) groups excluding carboxylic acids is 1. The standard InChI is InChI=1S/C15H28N4O2/c1-16-15(17-10-14(20)18(2)3)19-7-4-13(11-19)12-5-8-21-9-6-12/h12-13H,4-11H2,1-3H3,(H,16,17). The predicted molar refractivity (Wildman–Crippen MR) is 83.3 cm³/mol. The summed E-state index contributed by atoms with van der Waals surface area (Å²) in [6.45, 7) is 4.19. The van der Waals surface area contributed by atoms with Crippen LogP contribution in [0.4, 0.5) is 0 Å². The Morgan fingerprint density at radius 1 is 1.29 bits per heavy atom. The van der Waals surface area contributed by atoms with Gasteiger partial charge in [0, 0.05) is 47.4 Å². The number of carbonyl (C=O) groups is 1. The van der Waals surface area contributed by atoms with Gasteiger partial charge in [0.25, 0.3) is 0 Å². The summed E-state index contributed by atoms with van der Waals surface area (Å²) >= 11 is 0. The molecule has 1 N–H and O–H groups in total. The molecule has 0 aromatic rings. The number of likely N-dealkylation sites (N-methyl/N-ethyl adjacent to an activating group) is 1. The minimum absolute atomic E-state index is 0.0660. The van der Waals surface area contributed by atoms with Crippen LogP contribution in [0.15, 0.2) is 4.99 Å². The van der Waals surface area contributed by atoms with Gasteiger partial charge in [-0.1, -0.05) is 0 Å². The van der Waals surface area contributed by atoms with Gasteiger partial charge in [0.2, 0.25) is 5.91 Å². The van der Waals surface area contributed by atoms with E-state index >= 15 is 0 Å². The summed E-state index contributed by atoms with van der Waals surface area (Å²) < 4.78 is 5.45. The first kappa shape index (κ1) is 16.1. The first-order valence-electron chi connectivity index (χ1n) is 7.85. The molecule has 1 unspecified atom stereocenters. The van der Waals surface area contributed by atoms with Crippen LogP contribution in [-0.4, -0.2) is 75.7 Å². The molecule has 6 nitrogen and oxygen atoms in total. The maximum atomic E-state index is 11.7. The van der Waals surface area contributed by atoms with Gasteiger partial charge in [0.15, 0.2) is 5.96 Å². The highest BCUT2D eigenvalue weighted by atomic mass is 16.5. The summed E-state index contributed by atoms with van der Waals surface area (Å²) in [6, 6.07) is 0. The number of ether oxygens (including phenoxy) is 1. The Morgan fingerprint density at radius 3 is 2.62 bits per heavy atom. The average Bonchev–Trinajstić information content (AvgIpc) is 2.98. The Kier molecular flexibility index (Phi) is 5.85. The van der Waals surface area contributed by atoms with E-state index in [1.54, 1.807) is 26.0 Å². The zero-order chi connectivity index (χ0) is 15.2. The minimum Gasteiger partial charge on any atom is -0.381 e. The second kappa shape index (κ2) is 7.64. The van der Waals surface area contributed by atoms with E-state index in [-0.39, 0.29) is 5.91 Å². The van der Waals surface area contributed by atoms with Crippen molar-refractivity contribution in [2.75, 3.05) is 54.0 Å². The lowest BCUT2D eigenvalue weighted by atomic mass is 9.85. The zero-order valence-electron chi connectivity index (χ0n) is 13.5. The maximum absolute atomic E-state index is 11.7. The molecule has 1 amide bonds.